The topological polar surface area (TPSA) is 64.0 Å². The molecule has 1 aromatic heterocycles. The molecule has 0 aliphatic rings. The summed E-state index contributed by atoms with van der Waals surface area (Å²) in [6.45, 7) is 2.67. The number of amides is 1. The second-order valence-corrected chi connectivity index (χ2v) is 5.32. The van der Waals surface area contributed by atoms with E-state index in [2.05, 4.69) is 10.4 Å². The first-order valence-electron chi connectivity index (χ1n) is 7.21. The highest BCUT2D eigenvalue weighted by molar-refractivity contribution is 6.30. The van der Waals surface area contributed by atoms with Gasteiger partial charge < -0.3 is 5.32 Å². The van der Waals surface area contributed by atoms with Gasteiger partial charge in [0.05, 0.1) is 12.2 Å². The van der Waals surface area contributed by atoms with E-state index in [1.165, 1.54) is 10.7 Å². The SMILES string of the molecule is CCCC(=O)NCCn1nc(-c2ccc(Cl)cc2)ccc1=O. The molecule has 0 atom stereocenters. The molecule has 116 valence electrons. The first-order valence-corrected chi connectivity index (χ1v) is 7.58. The maximum Gasteiger partial charge on any atom is 0.266 e. The molecule has 0 aliphatic carbocycles. The van der Waals surface area contributed by atoms with Crippen LogP contribution in [0.4, 0.5) is 0 Å². The van der Waals surface area contributed by atoms with Crippen molar-refractivity contribution in [1.82, 2.24) is 15.1 Å². The summed E-state index contributed by atoms with van der Waals surface area (Å²) in [5.74, 6) is -0.00981. The molecule has 2 rings (SSSR count). The second kappa shape index (κ2) is 7.75. The lowest BCUT2D eigenvalue weighted by Crippen LogP contribution is -2.31. The van der Waals surface area contributed by atoms with Crippen molar-refractivity contribution in [2.24, 2.45) is 0 Å². The Labute approximate surface area is 133 Å². The fourth-order valence-corrected chi connectivity index (χ4v) is 2.13. The molecule has 1 amide bonds. The van der Waals surface area contributed by atoms with Gasteiger partial charge in [-0.1, -0.05) is 30.7 Å². The second-order valence-electron chi connectivity index (χ2n) is 4.89. The third-order valence-electron chi connectivity index (χ3n) is 3.13. The fraction of sp³-hybridized carbons (Fsp3) is 0.312. The van der Waals surface area contributed by atoms with Crippen LogP contribution in [0.15, 0.2) is 41.2 Å². The summed E-state index contributed by atoms with van der Waals surface area (Å²) < 4.78 is 1.36. The molecule has 1 heterocycles. The van der Waals surface area contributed by atoms with Crippen LogP contribution in [0, 0.1) is 0 Å². The fourth-order valence-electron chi connectivity index (χ4n) is 2.00. The summed E-state index contributed by atoms with van der Waals surface area (Å²) in [4.78, 5) is 23.2. The van der Waals surface area contributed by atoms with Crippen LogP contribution in [0.25, 0.3) is 11.3 Å². The van der Waals surface area contributed by atoms with Gasteiger partial charge in [0.1, 0.15) is 0 Å². The van der Waals surface area contributed by atoms with Crippen molar-refractivity contribution in [1.29, 1.82) is 0 Å². The number of nitrogens with zero attached hydrogens (tertiary/aromatic N) is 2. The molecular formula is C16H18ClN3O2. The van der Waals surface area contributed by atoms with Gasteiger partial charge in [-0.25, -0.2) is 4.68 Å². The third kappa shape index (κ3) is 4.43. The highest BCUT2D eigenvalue weighted by atomic mass is 35.5. The first-order chi connectivity index (χ1) is 10.6. The van der Waals surface area contributed by atoms with Gasteiger partial charge in [0.25, 0.3) is 5.56 Å². The number of carbonyl (C=O) groups excluding carboxylic acids is 1. The number of rotatable bonds is 6. The first kappa shape index (κ1) is 16.2. The molecule has 0 fully saturated rings. The van der Waals surface area contributed by atoms with Crippen molar-refractivity contribution in [3.05, 3.63) is 51.8 Å². The number of benzene rings is 1. The number of hydrogen-bond donors (Lipinski definition) is 1. The summed E-state index contributed by atoms with van der Waals surface area (Å²) in [5.41, 5.74) is 1.38. The minimum atomic E-state index is -0.192. The largest absolute Gasteiger partial charge is 0.354 e. The average molecular weight is 320 g/mol. The van der Waals surface area contributed by atoms with Gasteiger partial charge in [0, 0.05) is 29.6 Å². The molecule has 0 unspecified atom stereocenters. The maximum atomic E-state index is 11.8. The molecule has 0 saturated heterocycles. The highest BCUT2D eigenvalue weighted by Gasteiger charge is 2.04. The number of nitrogens with one attached hydrogen (secondary N) is 1. The van der Waals surface area contributed by atoms with Crippen LogP contribution in [0.2, 0.25) is 5.02 Å². The molecule has 2 aromatic rings. The van der Waals surface area contributed by atoms with Gasteiger partial charge in [-0.2, -0.15) is 5.10 Å². The zero-order valence-electron chi connectivity index (χ0n) is 12.4. The summed E-state index contributed by atoms with van der Waals surface area (Å²) in [7, 11) is 0. The lowest BCUT2D eigenvalue weighted by Gasteiger charge is -2.08. The average Bonchev–Trinajstić information content (AvgIpc) is 2.50. The predicted molar refractivity (Wildman–Crippen MR) is 86.9 cm³/mol. The van der Waals surface area contributed by atoms with Crippen LogP contribution in [0.3, 0.4) is 0 Å². The van der Waals surface area contributed by atoms with Crippen molar-refractivity contribution in [2.45, 2.75) is 26.3 Å². The Hall–Kier alpha value is -2.14. The maximum absolute atomic E-state index is 11.8. The van der Waals surface area contributed by atoms with E-state index in [0.717, 1.165) is 12.0 Å². The Morgan fingerprint density at radius 1 is 1.23 bits per heavy atom. The lowest BCUT2D eigenvalue weighted by atomic mass is 10.1. The van der Waals surface area contributed by atoms with Gasteiger partial charge in [0.15, 0.2) is 0 Å². The molecule has 1 N–H and O–H groups in total. The van der Waals surface area contributed by atoms with E-state index in [4.69, 9.17) is 11.6 Å². The van der Waals surface area contributed by atoms with Crippen LogP contribution in [-0.2, 0) is 11.3 Å². The molecule has 0 aliphatic heterocycles. The van der Waals surface area contributed by atoms with Gasteiger partial charge in [-0.3, -0.25) is 9.59 Å². The smallest absolute Gasteiger partial charge is 0.266 e. The molecular weight excluding hydrogens is 302 g/mol. The van der Waals surface area contributed by atoms with Gasteiger partial charge in [-0.15, -0.1) is 0 Å². The number of hydrogen-bond acceptors (Lipinski definition) is 3. The number of carbonyl (C=O) groups is 1. The van der Waals surface area contributed by atoms with Crippen molar-refractivity contribution in [2.75, 3.05) is 6.54 Å². The quantitative estimate of drug-likeness (QED) is 0.889. The highest BCUT2D eigenvalue weighted by Crippen LogP contribution is 2.18. The van der Waals surface area contributed by atoms with E-state index < -0.39 is 0 Å². The van der Waals surface area contributed by atoms with E-state index in [1.807, 2.05) is 19.1 Å². The standard InChI is InChI=1S/C16H18ClN3O2/c1-2-3-15(21)18-10-11-20-16(22)9-8-14(19-20)12-4-6-13(17)7-5-12/h4-9H,2-3,10-11H2,1H3,(H,18,21). The van der Waals surface area contributed by atoms with Crippen molar-refractivity contribution in [3.63, 3.8) is 0 Å². The van der Waals surface area contributed by atoms with Crippen LogP contribution in [-0.4, -0.2) is 22.2 Å². The van der Waals surface area contributed by atoms with E-state index >= 15 is 0 Å². The Kier molecular flexibility index (Phi) is 5.72. The van der Waals surface area contributed by atoms with Crippen LogP contribution in [0.5, 0.6) is 0 Å². The van der Waals surface area contributed by atoms with Gasteiger partial charge in [0.2, 0.25) is 5.91 Å². The summed E-state index contributed by atoms with van der Waals surface area (Å²) in [6, 6.07) is 10.4. The van der Waals surface area contributed by atoms with Crippen molar-refractivity contribution >= 4 is 17.5 Å². The Bertz CT molecular complexity index is 695. The Balaban J connectivity index is 2.08. The van der Waals surface area contributed by atoms with E-state index in [1.54, 1.807) is 18.2 Å². The van der Waals surface area contributed by atoms with E-state index in [0.29, 0.717) is 30.2 Å². The summed E-state index contributed by atoms with van der Waals surface area (Å²) >= 11 is 5.86. The Morgan fingerprint density at radius 2 is 1.95 bits per heavy atom. The van der Waals surface area contributed by atoms with E-state index in [9.17, 15) is 9.59 Å². The lowest BCUT2D eigenvalue weighted by molar-refractivity contribution is -0.121. The summed E-state index contributed by atoms with van der Waals surface area (Å²) in [5, 5.41) is 7.74. The van der Waals surface area contributed by atoms with Gasteiger partial charge in [-0.05, 0) is 24.6 Å². The van der Waals surface area contributed by atoms with Crippen LogP contribution >= 0.6 is 11.6 Å². The molecule has 5 nitrogen and oxygen atoms in total. The Morgan fingerprint density at radius 3 is 2.64 bits per heavy atom. The molecule has 1 aromatic carbocycles. The monoisotopic (exact) mass is 319 g/mol. The van der Waals surface area contributed by atoms with Gasteiger partial charge >= 0.3 is 0 Å². The number of aromatic nitrogens is 2. The van der Waals surface area contributed by atoms with Crippen LogP contribution < -0.4 is 10.9 Å². The molecule has 0 saturated carbocycles. The molecule has 0 bridgehead atoms. The molecule has 0 spiro atoms. The zero-order valence-corrected chi connectivity index (χ0v) is 13.1. The normalized spacial score (nSPS) is 10.5. The zero-order chi connectivity index (χ0) is 15.9. The third-order valence-corrected chi connectivity index (χ3v) is 3.38. The van der Waals surface area contributed by atoms with Crippen LogP contribution in [0.1, 0.15) is 19.8 Å². The van der Waals surface area contributed by atoms with Crippen molar-refractivity contribution in [3.8, 4) is 11.3 Å². The summed E-state index contributed by atoms with van der Waals surface area (Å²) in [6.07, 6.45) is 1.29. The van der Waals surface area contributed by atoms with E-state index in [-0.39, 0.29) is 11.5 Å². The molecule has 0 radical (unpaired) electrons. The minimum Gasteiger partial charge on any atom is -0.354 e. The molecule has 22 heavy (non-hydrogen) atoms. The predicted octanol–water partition coefficient (Wildman–Crippen LogP) is 2.48. The minimum absolute atomic E-state index is 0.00981. The van der Waals surface area contributed by atoms with Crippen molar-refractivity contribution < 1.29 is 4.79 Å². The number of halogens is 1. The molecule has 6 heteroatoms.